The molecule has 57 heavy (non-hydrogen) atoms. The van der Waals surface area contributed by atoms with Crippen LogP contribution in [0.2, 0.25) is 0 Å². The number of carboxylic acid groups (broad SMARTS) is 1. The fourth-order valence-electron chi connectivity index (χ4n) is 6.86. The molecule has 1 saturated heterocycles. The monoisotopic (exact) mass is 817 g/mol. The third-order valence-electron chi connectivity index (χ3n) is 10.4. The van der Waals surface area contributed by atoms with Crippen molar-refractivity contribution in [3.8, 4) is 12.1 Å². The number of hydrogen-bond donors (Lipinski definition) is 3. The van der Waals surface area contributed by atoms with E-state index in [-0.39, 0.29) is 18.5 Å². The van der Waals surface area contributed by atoms with Gasteiger partial charge < -0.3 is 15.3 Å². The Bertz CT molecular complexity index is 1610. The lowest BCUT2D eigenvalue weighted by Crippen LogP contribution is -2.36. The second-order valence-electron chi connectivity index (χ2n) is 15.1. The van der Waals surface area contributed by atoms with Gasteiger partial charge in [-0.25, -0.2) is 13.2 Å². The molecule has 9 nitrogen and oxygen atoms in total. The maximum atomic E-state index is 13.2. The zero-order chi connectivity index (χ0) is 42.0. The van der Waals surface area contributed by atoms with Crippen molar-refractivity contribution >= 4 is 21.5 Å². The minimum absolute atomic E-state index is 0.110. The molecule has 0 unspecified atom stereocenters. The molecule has 2 atom stereocenters. The summed E-state index contributed by atoms with van der Waals surface area (Å²) in [6, 6.07) is 15.6. The molecule has 2 aliphatic rings. The van der Waals surface area contributed by atoms with Crippen LogP contribution in [0.25, 0.3) is 0 Å². The van der Waals surface area contributed by atoms with E-state index in [4.69, 9.17) is 10.5 Å². The number of nitrogens with zero attached hydrogens (tertiary/aromatic N) is 3. The first-order valence-corrected chi connectivity index (χ1v) is 22.6. The molecule has 13 heteroatoms. The van der Waals surface area contributed by atoms with Crippen LogP contribution in [-0.4, -0.2) is 62.5 Å². The molecule has 2 aromatic rings. The van der Waals surface area contributed by atoms with Crippen molar-refractivity contribution in [2.45, 2.75) is 164 Å². The quantitative estimate of drug-likeness (QED) is 0.0696. The van der Waals surface area contributed by atoms with E-state index in [1.54, 1.807) is 30.3 Å². The van der Waals surface area contributed by atoms with Crippen LogP contribution in [0.4, 0.5) is 18.9 Å². The molecule has 318 valence electrons. The molecular weight excluding hydrogens is 752 g/mol. The van der Waals surface area contributed by atoms with Crippen LogP contribution in [0, 0.1) is 22.7 Å². The lowest BCUT2D eigenvalue weighted by Gasteiger charge is -2.23. The number of sulfone groups is 1. The highest BCUT2D eigenvalue weighted by molar-refractivity contribution is 7.92. The third-order valence-corrected chi connectivity index (χ3v) is 12.6. The van der Waals surface area contributed by atoms with Gasteiger partial charge in [-0.2, -0.15) is 23.7 Å². The number of benzene rings is 2. The van der Waals surface area contributed by atoms with Crippen LogP contribution < -0.4 is 15.5 Å². The standard InChI is InChI=1S/C18H16F3NO4S.C14H26N2.C12H24N2/c19-18(20,21)14-8-4-5-9-16(14)27(25,26)13-10-15(17(23)24)22(11-13)12-6-2-1-3-7-12;1-2-3-4-5-6-7-8-9-12-16-14(13-15)10-11-14;1-2-3-4-5-6-7-8-9-11-14-12-10-13/h1-9,13,15H,10-11H2,(H,23,24);16H,2-12H2,1H3;14H,2-9,11-12H2,1H3/t13-,15+;;/m1../s1. The summed E-state index contributed by atoms with van der Waals surface area (Å²) in [5.74, 6) is -1.22. The number of aliphatic carboxylic acids is 1. The van der Waals surface area contributed by atoms with E-state index >= 15 is 0 Å². The molecular formula is C44H66F3N5O4S. The zero-order valence-corrected chi connectivity index (χ0v) is 35.0. The highest BCUT2D eigenvalue weighted by Crippen LogP contribution is 2.38. The molecule has 3 N–H and O–H groups in total. The zero-order valence-electron chi connectivity index (χ0n) is 34.2. The summed E-state index contributed by atoms with van der Waals surface area (Å²) in [4.78, 5) is 12.2. The van der Waals surface area contributed by atoms with Crippen LogP contribution in [0.5, 0.6) is 0 Å². The summed E-state index contributed by atoms with van der Waals surface area (Å²) in [5.41, 5.74) is -0.844. The van der Waals surface area contributed by atoms with Gasteiger partial charge in [0.05, 0.1) is 34.4 Å². The van der Waals surface area contributed by atoms with E-state index in [9.17, 15) is 31.5 Å². The highest BCUT2D eigenvalue weighted by Gasteiger charge is 2.46. The van der Waals surface area contributed by atoms with Gasteiger partial charge >= 0.3 is 12.1 Å². The average Bonchev–Trinajstić information content (AvgIpc) is 3.83. The number of nitrogens with one attached hydrogen (secondary N) is 2. The second-order valence-corrected chi connectivity index (χ2v) is 17.3. The maximum Gasteiger partial charge on any atom is 0.417 e. The lowest BCUT2D eigenvalue weighted by atomic mass is 10.1. The van der Waals surface area contributed by atoms with E-state index in [1.165, 1.54) is 114 Å². The van der Waals surface area contributed by atoms with Gasteiger partial charge in [0.15, 0.2) is 9.84 Å². The van der Waals surface area contributed by atoms with Crippen LogP contribution in [0.3, 0.4) is 0 Å². The number of hydrogen-bond acceptors (Lipinski definition) is 8. The predicted octanol–water partition coefficient (Wildman–Crippen LogP) is 10.2. The molecule has 1 aliphatic heterocycles. The number of rotatable bonds is 24. The van der Waals surface area contributed by atoms with E-state index in [2.05, 4.69) is 36.6 Å². The molecule has 2 fully saturated rings. The molecule has 0 spiro atoms. The molecule has 1 heterocycles. The number of carbonyl (C=O) groups is 1. The van der Waals surface area contributed by atoms with Crippen molar-refractivity contribution in [3.63, 3.8) is 0 Å². The summed E-state index contributed by atoms with van der Waals surface area (Å²) in [6.45, 7) is 6.84. The van der Waals surface area contributed by atoms with Crippen LogP contribution in [0.15, 0.2) is 59.5 Å². The van der Waals surface area contributed by atoms with Crippen molar-refractivity contribution < 1.29 is 31.5 Å². The predicted molar refractivity (Wildman–Crippen MR) is 222 cm³/mol. The highest BCUT2D eigenvalue weighted by atomic mass is 32.2. The Hall–Kier alpha value is -3.65. The fraction of sp³-hybridized carbons (Fsp3) is 0.659. The van der Waals surface area contributed by atoms with Crippen molar-refractivity contribution in [1.29, 1.82) is 10.5 Å². The largest absolute Gasteiger partial charge is 0.480 e. The Balaban J connectivity index is 0.000000321. The molecule has 4 rings (SSSR count). The Morgan fingerprint density at radius 2 is 1.32 bits per heavy atom. The number of nitriles is 2. The van der Waals surface area contributed by atoms with Crippen molar-refractivity contribution in [1.82, 2.24) is 10.6 Å². The Kier molecular flexibility index (Phi) is 23.5. The number of para-hydroxylation sites is 1. The van der Waals surface area contributed by atoms with Crippen LogP contribution >= 0.6 is 0 Å². The third kappa shape index (κ3) is 18.7. The summed E-state index contributed by atoms with van der Waals surface area (Å²) in [7, 11) is -4.38. The first-order chi connectivity index (χ1) is 27.4. The Morgan fingerprint density at radius 3 is 1.81 bits per heavy atom. The van der Waals surface area contributed by atoms with Crippen LogP contribution in [0.1, 0.15) is 141 Å². The topological polar surface area (TPSA) is 146 Å². The van der Waals surface area contributed by atoms with Gasteiger partial charge in [-0.05, 0) is 69.5 Å². The SMILES string of the molecule is CCCCCCCCCCNC1(C#N)CC1.CCCCCCCCCCNCC#N.O=C(O)[C@@H]1C[C@@H](S(=O)(=O)c2ccccc2C(F)(F)F)CN1c1ccccc1. The molecule has 0 radical (unpaired) electrons. The van der Waals surface area contributed by atoms with E-state index in [0.29, 0.717) is 18.3 Å². The summed E-state index contributed by atoms with van der Waals surface area (Å²) >= 11 is 0. The van der Waals surface area contributed by atoms with Gasteiger partial charge in [0.2, 0.25) is 0 Å². The van der Waals surface area contributed by atoms with E-state index < -0.39 is 43.7 Å². The average molecular weight is 818 g/mol. The second kappa shape index (κ2) is 27.1. The molecule has 0 amide bonds. The molecule has 1 saturated carbocycles. The van der Waals surface area contributed by atoms with Crippen molar-refractivity contribution in [2.75, 3.05) is 31.1 Å². The normalized spacial score (nSPS) is 17.0. The van der Waals surface area contributed by atoms with E-state index in [0.717, 1.165) is 38.1 Å². The minimum atomic E-state index is -4.83. The van der Waals surface area contributed by atoms with Gasteiger partial charge in [-0.15, -0.1) is 0 Å². The van der Waals surface area contributed by atoms with Gasteiger partial charge in [-0.1, -0.05) is 134 Å². The number of carboxylic acids is 1. The Labute approximate surface area is 340 Å². The summed E-state index contributed by atoms with van der Waals surface area (Å²) in [5, 5.41) is 31.8. The molecule has 0 aromatic heterocycles. The van der Waals surface area contributed by atoms with Gasteiger partial charge in [-0.3, -0.25) is 5.32 Å². The number of unbranched alkanes of at least 4 members (excludes halogenated alkanes) is 14. The van der Waals surface area contributed by atoms with E-state index in [1.807, 2.05) is 0 Å². The number of alkyl halides is 3. The Morgan fingerprint density at radius 1 is 0.807 bits per heavy atom. The minimum Gasteiger partial charge on any atom is -0.480 e. The smallest absolute Gasteiger partial charge is 0.417 e. The maximum absolute atomic E-state index is 13.2. The van der Waals surface area contributed by atoms with Gasteiger partial charge in [0.1, 0.15) is 11.6 Å². The molecule has 0 bridgehead atoms. The van der Waals surface area contributed by atoms with Gasteiger partial charge in [0.25, 0.3) is 0 Å². The number of halogens is 3. The lowest BCUT2D eigenvalue weighted by molar-refractivity contribution is -0.140. The molecule has 2 aromatic carbocycles. The summed E-state index contributed by atoms with van der Waals surface area (Å²) < 4.78 is 65.6. The first kappa shape index (κ1) is 49.5. The molecule has 1 aliphatic carbocycles. The number of anilines is 1. The van der Waals surface area contributed by atoms with Gasteiger partial charge in [0, 0.05) is 12.2 Å². The van der Waals surface area contributed by atoms with Crippen molar-refractivity contribution in [2.24, 2.45) is 0 Å². The summed E-state index contributed by atoms with van der Waals surface area (Å²) in [6.07, 6.45) is 18.7. The van der Waals surface area contributed by atoms with Crippen molar-refractivity contribution in [3.05, 3.63) is 60.2 Å². The first-order valence-electron chi connectivity index (χ1n) is 21.1. The van der Waals surface area contributed by atoms with Crippen LogP contribution in [-0.2, 0) is 20.8 Å². The fourth-order valence-corrected chi connectivity index (χ4v) is 8.77.